The molecule has 3 aromatic carbocycles. The lowest BCUT2D eigenvalue weighted by Gasteiger charge is -2.17. The SMILES string of the molecule is CCOc1ccc(NC2=C(Sc3ccc(C)cc3)C(=O)N(c3cc(Cl)ccc3Cl)C2=O)cc1. The number of thioether (sulfide) groups is 1. The number of anilines is 2. The Morgan fingerprint density at radius 3 is 2.30 bits per heavy atom. The minimum atomic E-state index is -0.507. The second-order valence-corrected chi connectivity index (χ2v) is 9.17. The van der Waals surface area contributed by atoms with E-state index in [1.54, 1.807) is 36.4 Å². The highest BCUT2D eigenvalue weighted by Crippen LogP contribution is 2.40. The molecule has 1 aliphatic rings. The van der Waals surface area contributed by atoms with Gasteiger partial charge in [0.15, 0.2) is 0 Å². The molecule has 168 valence electrons. The highest BCUT2D eigenvalue weighted by molar-refractivity contribution is 8.04. The number of amides is 2. The van der Waals surface area contributed by atoms with Crippen LogP contribution in [0.1, 0.15) is 12.5 Å². The van der Waals surface area contributed by atoms with Gasteiger partial charge in [-0.05, 0) is 68.4 Å². The third-order valence-corrected chi connectivity index (χ3v) is 6.51. The highest BCUT2D eigenvalue weighted by atomic mass is 35.5. The van der Waals surface area contributed by atoms with E-state index in [0.29, 0.717) is 23.1 Å². The van der Waals surface area contributed by atoms with Gasteiger partial charge in [-0.1, -0.05) is 52.7 Å². The van der Waals surface area contributed by atoms with Crippen LogP contribution in [-0.4, -0.2) is 18.4 Å². The van der Waals surface area contributed by atoms with Gasteiger partial charge < -0.3 is 10.1 Å². The Hall–Kier alpha value is -2.93. The molecule has 0 saturated heterocycles. The van der Waals surface area contributed by atoms with Gasteiger partial charge in [0.25, 0.3) is 11.8 Å². The smallest absolute Gasteiger partial charge is 0.283 e. The standard InChI is InChI=1S/C25H20Cl2N2O3S/c1-3-32-18-9-7-17(8-10-18)28-22-23(33-19-11-4-15(2)5-12-19)25(31)29(24(22)30)21-14-16(26)6-13-20(21)27/h4-14,28H,3H2,1-2H3. The quantitative estimate of drug-likeness (QED) is 0.367. The molecule has 0 unspecified atom stereocenters. The molecule has 0 radical (unpaired) electrons. The molecule has 4 rings (SSSR count). The van der Waals surface area contributed by atoms with E-state index in [9.17, 15) is 9.59 Å². The van der Waals surface area contributed by atoms with Crippen LogP contribution in [-0.2, 0) is 9.59 Å². The third kappa shape index (κ3) is 5.03. The van der Waals surface area contributed by atoms with E-state index in [1.807, 2.05) is 38.1 Å². The number of hydrogen-bond acceptors (Lipinski definition) is 5. The molecular weight excluding hydrogens is 479 g/mol. The van der Waals surface area contributed by atoms with Crippen LogP contribution in [0.3, 0.4) is 0 Å². The van der Waals surface area contributed by atoms with Crippen LogP contribution in [0, 0.1) is 6.92 Å². The van der Waals surface area contributed by atoms with Crippen LogP contribution in [0.4, 0.5) is 11.4 Å². The molecule has 8 heteroatoms. The number of halogens is 2. The number of rotatable bonds is 7. The minimum absolute atomic E-state index is 0.172. The summed E-state index contributed by atoms with van der Waals surface area (Å²) in [6, 6.07) is 19.6. The molecule has 1 heterocycles. The Bertz CT molecular complexity index is 1240. The molecule has 0 bridgehead atoms. The van der Waals surface area contributed by atoms with Crippen molar-refractivity contribution >= 4 is 58.2 Å². The summed E-state index contributed by atoms with van der Waals surface area (Å²) in [6.07, 6.45) is 0. The van der Waals surface area contributed by atoms with Crippen LogP contribution >= 0.6 is 35.0 Å². The number of imide groups is 1. The number of carbonyl (C=O) groups is 2. The predicted molar refractivity (Wildman–Crippen MR) is 134 cm³/mol. The summed E-state index contributed by atoms with van der Waals surface area (Å²) < 4.78 is 5.48. The fraction of sp³-hybridized carbons (Fsp3) is 0.120. The maximum atomic E-state index is 13.5. The van der Waals surface area contributed by atoms with Crippen molar-refractivity contribution in [3.8, 4) is 5.75 Å². The van der Waals surface area contributed by atoms with Crippen LogP contribution < -0.4 is 15.0 Å². The van der Waals surface area contributed by atoms with E-state index in [0.717, 1.165) is 15.4 Å². The van der Waals surface area contributed by atoms with Crippen LogP contribution in [0.2, 0.25) is 10.0 Å². The Morgan fingerprint density at radius 2 is 1.64 bits per heavy atom. The number of hydrogen-bond donors (Lipinski definition) is 1. The Kier molecular flexibility index (Phi) is 6.98. The molecule has 0 aromatic heterocycles. The van der Waals surface area contributed by atoms with Gasteiger partial charge in [0, 0.05) is 15.6 Å². The van der Waals surface area contributed by atoms with E-state index < -0.39 is 11.8 Å². The molecule has 2 amide bonds. The van der Waals surface area contributed by atoms with Gasteiger partial charge in [0.1, 0.15) is 16.4 Å². The van der Waals surface area contributed by atoms with Gasteiger partial charge in [-0.15, -0.1) is 0 Å². The second kappa shape index (κ2) is 9.91. The van der Waals surface area contributed by atoms with Gasteiger partial charge in [-0.25, -0.2) is 4.90 Å². The molecule has 0 fully saturated rings. The number of carbonyl (C=O) groups excluding carboxylic acids is 2. The zero-order valence-electron chi connectivity index (χ0n) is 17.9. The van der Waals surface area contributed by atoms with E-state index >= 15 is 0 Å². The second-order valence-electron chi connectivity index (χ2n) is 7.24. The first-order valence-electron chi connectivity index (χ1n) is 10.2. The Balaban J connectivity index is 1.73. The molecule has 3 aromatic rings. The lowest BCUT2D eigenvalue weighted by molar-refractivity contribution is -0.120. The van der Waals surface area contributed by atoms with E-state index in [-0.39, 0.29) is 21.3 Å². The molecule has 1 N–H and O–H groups in total. The zero-order valence-corrected chi connectivity index (χ0v) is 20.2. The van der Waals surface area contributed by atoms with Crippen molar-refractivity contribution in [1.82, 2.24) is 0 Å². The van der Waals surface area contributed by atoms with E-state index in [1.165, 1.54) is 17.8 Å². The summed E-state index contributed by atoms with van der Waals surface area (Å²) in [6.45, 7) is 4.45. The van der Waals surface area contributed by atoms with Crippen molar-refractivity contribution in [1.29, 1.82) is 0 Å². The van der Waals surface area contributed by atoms with Crippen molar-refractivity contribution in [3.05, 3.63) is 92.9 Å². The number of ether oxygens (including phenoxy) is 1. The summed E-state index contributed by atoms with van der Waals surface area (Å²) in [5, 5.41) is 3.74. The number of nitrogens with zero attached hydrogens (tertiary/aromatic N) is 1. The molecule has 0 saturated carbocycles. The summed E-state index contributed by atoms with van der Waals surface area (Å²) in [5.74, 6) is -0.261. The molecule has 0 aliphatic carbocycles. The normalized spacial score (nSPS) is 13.6. The molecule has 1 aliphatic heterocycles. The van der Waals surface area contributed by atoms with E-state index in [4.69, 9.17) is 27.9 Å². The zero-order chi connectivity index (χ0) is 23.5. The van der Waals surface area contributed by atoms with Crippen molar-refractivity contribution in [2.24, 2.45) is 0 Å². The topological polar surface area (TPSA) is 58.6 Å². The number of benzene rings is 3. The van der Waals surface area contributed by atoms with Crippen molar-refractivity contribution in [2.45, 2.75) is 18.7 Å². The van der Waals surface area contributed by atoms with Gasteiger partial charge in [0.2, 0.25) is 0 Å². The first-order chi connectivity index (χ1) is 15.9. The summed E-state index contributed by atoms with van der Waals surface area (Å²) in [4.78, 5) is 29.1. The van der Waals surface area contributed by atoms with Crippen molar-refractivity contribution < 1.29 is 14.3 Å². The van der Waals surface area contributed by atoms with Crippen LogP contribution in [0.5, 0.6) is 5.75 Å². The molecule has 0 atom stereocenters. The summed E-state index contributed by atoms with van der Waals surface area (Å²) in [7, 11) is 0. The first-order valence-corrected chi connectivity index (χ1v) is 11.8. The fourth-order valence-corrected chi connectivity index (χ4v) is 4.56. The Morgan fingerprint density at radius 1 is 0.939 bits per heavy atom. The van der Waals surface area contributed by atoms with Gasteiger partial charge >= 0.3 is 0 Å². The number of nitrogens with one attached hydrogen (secondary N) is 1. The maximum absolute atomic E-state index is 13.5. The lowest BCUT2D eigenvalue weighted by Crippen LogP contribution is -2.32. The Labute approximate surface area is 206 Å². The first kappa shape index (κ1) is 23.2. The predicted octanol–water partition coefficient (Wildman–Crippen LogP) is 6.69. The summed E-state index contributed by atoms with van der Waals surface area (Å²) in [5.41, 5.74) is 2.16. The number of aryl methyl sites for hydroxylation is 1. The molecular formula is C25H20Cl2N2O3S. The minimum Gasteiger partial charge on any atom is -0.494 e. The average Bonchev–Trinajstić information content (AvgIpc) is 3.02. The lowest BCUT2D eigenvalue weighted by atomic mass is 10.2. The van der Waals surface area contributed by atoms with Gasteiger partial charge in [-0.3, -0.25) is 9.59 Å². The average molecular weight is 499 g/mol. The maximum Gasteiger partial charge on any atom is 0.283 e. The third-order valence-electron chi connectivity index (χ3n) is 4.87. The fourth-order valence-electron chi connectivity index (χ4n) is 3.26. The van der Waals surface area contributed by atoms with Crippen LogP contribution in [0.15, 0.2) is 82.2 Å². The molecule has 5 nitrogen and oxygen atoms in total. The monoisotopic (exact) mass is 498 g/mol. The van der Waals surface area contributed by atoms with Gasteiger partial charge in [0.05, 0.1) is 17.3 Å². The largest absolute Gasteiger partial charge is 0.494 e. The van der Waals surface area contributed by atoms with Crippen LogP contribution in [0.25, 0.3) is 0 Å². The summed E-state index contributed by atoms with van der Waals surface area (Å²) >= 11 is 13.7. The molecule has 33 heavy (non-hydrogen) atoms. The van der Waals surface area contributed by atoms with Crippen molar-refractivity contribution in [2.75, 3.05) is 16.8 Å². The highest BCUT2D eigenvalue weighted by Gasteiger charge is 2.41. The van der Waals surface area contributed by atoms with Gasteiger partial charge in [-0.2, -0.15) is 0 Å². The van der Waals surface area contributed by atoms with E-state index in [2.05, 4.69) is 5.32 Å². The van der Waals surface area contributed by atoms with Crippen molar-refractivity contribution in [3.63, 3.8) is 0 Å². The molecule has 0 spiro atoms.